The van der Waals surface area contributed by atoms with Gasteiger partial charge >= 0.3 is 17.8 Å². The van der Waals surface area contributed by atoms with Gasteiger partial charge in [0.25, 0.3) is 0 Å². The van der Waals surface area contributed by atoms with Crippen molar-refractivity contribution in [3.8, 4) is 45.6 Å². The summed E-state index contributed by atoms with van der Waals surface area (Å²) >= 11 is 2.31. The second-order valence-electron chi connectivity index (χ2n) is 22.0. The summed E-state index contributed by atoms with van der Waals surface area (Å²) < 4.78 is 109. The predicted octanol–water partition coefficient (Wildman–Crippen LogP) is 18.3. The fourth-order valence-corrected chi connectivity index (χ4v) is 16.9. The Kier molecular flexibility index (Phi) is 11.7. The zero-order valence-corrected chi connectivity index (χ0v) is 45.2. The highest BCUT2D eigenvalue weighted by molar-refractivity contribution is 7.19. The minimum atomic E-state index is -5.64. The lowest BCUT2D eigenvalue weighted by Gasteiger charge is -2.63. The first-order valence-electron chi connectivity index (χ1n) is 26.4. The molecule has 10 heteroatoms. The standard InChI is InChI=1S/C68H52F6O2S2/c1-39-57(61-62(67(71,72)68(73,74)66(61,69)70)58-41(3)77-56-20-10-9-15-53(56)58)40(2)78-63(39)46-25-29-48(30-26-46)65-36-44-33-45(37-65)35-64(34-44,38-65)47-27-21-43(22-28-47)24-32-52-50-17-12-18-54(75-4)59(50)51(31-23-42-13-7-6-8-14-42)49-16-11-19-55(76-5)60(49)52/h6-22,25-30,44-45H,33-38H2,1-5H3/t44-,45+,64?,65?. The van der Waals surface area contributed by atoms with Crippen molar-refractivity contribution < 1.29 is 35.8 Å². The van der Waals surface area contributed by atoms with E-state index in [1.165, 1.54) is 41.9 Å². The highest BCUT2D eigenvalue weighted by atomic mass is 32.1. The van der Waals surface area contributed by atoms with Crippen LogP contribution in [-0.4, -0.2) is 32.0 Å². The van der Waals surface area contributed by atoms with Gasteiger partial charge in [-0.1, -0.05) is 121 Å². The Morgan fingerprint density at radius 3 is 1.51 bits per heavy atom. The van der Waals surface area contributed by atoms with Crippen LogP contribution in [0.2, 0.25) is 0 Å². The van der Waals surface area contributed by atoms with E-state index < -0.39 is 28.9 Å². The summed E-state index contributed by atoms with van der Waals surface area (Å²) in [6.07, 6.45) is 6.58. The van der Waals surface area contributed by atoms with Gasteiger partial charge in [0, 0.05) is 90.8 Å². The van der Waals surface area contributed by atoms with Crippen molar-refractivity contribution in [2.24, 2.45) is 11.8 Å². The van der Waals surface area contributed by atoms with E-state index in [-0.39, 0.29) is 42.7 Å². The van der Waals surface area contributed by atoms with Gasteiger partial charge in [0.05, 0.1) is 14.2 Å². The molecule has 2 unspecified atom stereocenters. The number of halogens is 6. The van der Waals surface area contributed by atoms with Crippen molar-refractivity contribution in [3.63, 3.8) is 0 Å². The smallest absolute Gasteiger partial charge is 0.380 e. The van der Waals surface area contributed by atoms with Crippen molar-refractivity contribution in [2.45, 2.75) is 87.9 Å². The van der Waals surface area contributed by atoms with Crippen LogP contribution in [0.15, 0.2) is 140 Å². The van der Waals surface area contributed by atoms with Crippen LogP contribution in [0.5, 0.6) is 11.5 Å². The quantitative estimate of drug-likeness (QED) is 0.0900. The number of methoxy groups -OCH3 is 2. The third kappa shape index (κ3) is 7.46. The monoisotopic (exact) mass is 1080 g/mol. The topological polar surface area (TPSA) is 18.5 Å². The molecule has 2 nitrogen and oxygen atoms in total. The average molecular weight is 1080 g/mol. The lowest BCUT2D eigenvalue weighted by molar-refractivity contribution is -0.254. The minimum absolute atomic E-state index is 0.0216. The molecule has 0 N–H and O–H groups in total. The number of alkyl halides is 6. The Labute approximate surface area is 457 Å². The normalized spacial score (nSPS) is 22.4. The van der Waals surface area contributed by atoms with E-state index in [0.717, 1.165) is 92.8 Å². The molecule has 390 valence electrons. The Balaban J connectivity index is 0.829. The summed E-state index contributed by atoms with van der Waals surface area (Å²) in [6, 6.07) is 45.6. The molecule has 4 fully saturated rings. The maximum Gasteiger partial charge on any atom is 0.380 e. The van der Waals surface area contributed by atoms with Gasteiger partial charge in [0.2, 0.25) is 0 Å². The molecule has 4 bridgehead atoms. The maximum absolute atomic E-state index is 16.3. The zero-order valence-electron chi connectivity index (χ0n) is 43.6. The molecule has 0 amide bonds. The Bertz CT molecular complexity index is 4090. The van der Waals surface area contributed by atoms with E-state index in [9.17, 15) is 0 Å². The first kappa shape index (κ1) is 50.3. The molecule has 14 rings (SSSR count). The number of fused-ring (bicyclic) bond motifs is 3. The molecule has 0 spiro atoms. The molecule has 2 heterocycles. The first-order chi connectivity index (χ1) is 37.5. The van der Waals surface area contributed by atoms with E-state index in [1.807, 2.05) is 66.7 Å². The second kappa shape index (κ2) is 18.2. The highest BCUT2D eigenvalue weighted by Crippen LogP contribution is 2.68. The van der Waals surface area contributed by atoms with Crippen LogP contribution in [0.4, 0.5) is 26.3 Å². The van der Waals surface area contributed by atoms with E-state index in [4.69, 9.17) is 9.47 Å². The van der Waals surface area contributed by atoms with Crippen molar-refractivity contribution in [1.82, 2.24) is 0 Å². The van der Waals surface area contributed by atoms with Gasteiger partial charge in [0.15, 0.2) is 0 Å². The van der Waals surface area contributed by atoms with Crippen LogP contribution in [0.3, 0.4) is 0 Å². The zero-order chi connectivity index (χ0) is 54.1. The van der Waals surface area contributed by atoms with E-state index in [2.05, 4.69) is 72.2 Å². The number of thiophene rings is 2. The maximum atomic E-state index is 16.3. The lowest BCUT2D eigenvalue weighted by Crippen LogP contribution is -2.55. The molecule has 5 aliphatic carbocycles. The van der Waals surface area contributed by atoms with Crippen LogP contribution in [0.1, 0.15) is 98.4 Å². The van der Waals surface area contributed by atoms with Gasteiger partial charge in [-0.25, -0.2) is 0 Å². The first-order valence-corrected chi connectivity index (χ1v) is 28.0. The summed E-state index contributed by atoms with van der Waals surface area (Å²) in [4.78, 5) is 1.16. The number of rotatable bonds is 7. The molecule has 78 heavy (non-hydrogen) atoms. The van der Waals surface area contributed by atoms with Gasteiger partial charge in [-0.2, -0.15) is 26.3 Å². The highest BCUT2D eigenvalue weighted by Gasteiger charge is 2.80. The van der Waals surface area contributed by atoms with Crippen LogP contribution < -0.4 is 9.47 Å². The number of hydrogen-bond acceptors (Lipinski definition) is 4. The molecule has 5 aliphatic rings. The molecule has 0 saturated heterocycles. The molecular formula is C68H52F6O2S2. The van der Waals surface area contributed by atoms with Crippen molar-refractivity contribution in [3.05, 3.63) is 199 Å². The summed E-state index contributed by atoms with van der Waals surface area (Å²) in [7, 11) is 3.35. The Morgan fingerprint density at radius 2 is 0.962 bits per heavy atom. The predicted molar refractivity (Wildman–Crippen MR) is 305 cm³/mol. The van der Waals surface area contributed by atoms with Gasteiger partial charge in [-0.3, -0.25) is 0 Å². The van der Waals surface area contributed by atoms with Gasteiger partial charge in [0.1, 0.15) is 11.5 Å². The van der Waals surface area contributed by atoms with Crippen LogP contribution in [-0.2, 0) is 10.8 Å². The number of aryl methyl sites for hydroxylation is 2. The summed E-state index contributed by atoms with van der Waals surface area (Å²) in [5.41, 5.74) is 3.92. The molecule has 9 aromatic rings. The van der Waals surface area contributed by atoms with Crippen molar-refractivity contribution in [1.29, 1.82) is 0 Å². The second-order valence-corrected chi connectivity index (χ2v) is 24.5. The molecular weight excluding hydrogens is 1030 g/mol. The molecule has 0 aliphatic heterocycles. The number of allylic oxidation sites excluding steroid dienone is 2. The van der Waals surface area contributed by atoms with E-state index in [0.29, 0.717) is 32.9 Å². The summed E-state index contributed by atoms with van der Waals surface area (Å²) in [6.45, 7) is 4.68. The van der Waals surface area contributed by atoms with Crippen LogP contribution >= 0.6 is 22.7 Å². The number of ether oxygens (including phenoxy) is 2. The molecule has 4 atom stereocenters. The summed E-state index contributed by atoms with van der Waals surface area (Å²) in [5, 5.41) is 3.88. The van der Waals surface area contributed by atoms with E-state index >= 15 is 26.3 Å². The third-order valence-electron chi connectivity index (χ3n) is 17.5. The number of benzene rings is 7. The fourth-order valence-electron chi connectivity index (χ4n) is 14.6. The van der Waals surface area contributed by atoms with Crippen molar-refractivity contribution in [2.75, 3.05) is 14.2 Å². The largest absolute Gasteiger partial charge is 0.496 e. The van der Waals surface area contributed by atoms with Crippen LogP contribution in [0.25, 0.3) is 53.2 Å². The summed E-state index contributed by atoms with van der Waals surface area (Å²) in [5.74, 6) is 0.607. The van der Waals surface area contributed by atoms with E-state index in [1.54, 1.807) is 46.3 Å². The van der Waals surface area contributed by atoms with Gasteiger partial charge < -0.3 is 9.47 Å². The average Bonchev–Trinajstić information content (AvgIpc) is 3.35. The lowest BCUT2D eigenvalue weighted by atomic mass is 9.41. The van der Waals surface area contributed by atoms with Gasteiger partial charge in [-0.15, -0.1) is 22.7 Å². The van der Waals surface area contributed by atoms with Gasteiger partial charge in [-0.05, 0) is 147 Å². The van der Waals surface area contributed by atoms with Crippen LogP contribution in [0, 0.1) is 56.3 Å². The molecule has 7 aromatic carbocycles. The molecule has 4 saturated carbocycles. The molecule has 2 aromatic heterocycles. The molecule has 0 radical (unpaired) electrons. The van der Waals surface area contributed by atoms with Crippen molar-refractivity contribution >= 4 is 65.5 Å². The third-order valence-corrected chi connectivity index (χ3v) is 19.9. The SMILES string of the molecule is COc1cccc2c(C#Cc3ccc(C45C[C@H]6C[C@@H](C4)CC(c4ccc(-c7sc(C)c(C8=C(c9c(C)sc%10ccccc9%10)C(F)(F)C(F)(F)C8(F)F)c7C)cc4)(C6)C5)cc3)c3c(OC)cccc3c(C#Cc3ccccc3)c12. The Hall–Kier alpha value is -7.24. The minimum Gasteiger partial charge on any atom is -0.496 e. The fraction of sp³-hybridized carbons (Fsp3) is 0.265. The number of hydrogen-bond donors (Lipinski definition) is 0. The Morgan fingerprint density at radius 1 is 0.487 bits per heavy atom.